The van der Waals surface area contributed by atoms with Crippen molar-refractivity contribution in [2.24, 2.45) is 0 Å². The molecule has 2 rings (SSSR count). The topological polar surface area (TPSA) is 126 Å². The Kier molecular flexibility index (Phi) is 3.09. The van der Waals surface area contributed by atoms with Crippen LogP contribution in [0.1, 0.15) is 24.2 Å². The second-order valence-electron chi connectivity index (χ2n) is 4.96. The van der Waals surface area contributed by atoms with Crippen molar-refractivity contribution < 1.29 is 19.5 Å². The molecule has 0 radical (unpaired) electrons. The molecule has 1 aromatic rings. The van der Waals surface area contributed by atoms with Gasteiger partial charge in [-0.1, -0.05) is 0 Å². The van der Waals surface area contributed by atoms with Crippen molar-refractivity contribution in [3.05, 3.63) is 17.8 Å². The number of aromatic carboxylic acids is 1. The Morgan fingerprint density at radius 3 is 2.75 bits per heavy atom. The second kappa shape index (κ2) is 4.48. The number of hydrogen-bond donors (Lipinski definition) is 3. The number of hydrogen-bond acceptors (Lipinski definition) is 6. The van der Waals surface area contributed by atoms with Gasteiger partial charge in [0.05, 0.1) is 24.0 Å². The lowest BCUT2D eigenvalue weighted by Crippen LogP contribution is -2.64. The Morgan fingerprint density at radius 2 is 2.15 bits per heavy atom. The number of aromatic nitrogens is 1. The van der Waals surface area contributed by atoms with Gasteiger partial charge in [0, 0.05) is 0 Å². The Hall–Kier alpha value is -2.64. The number of nitrogens with one attached hydrogen (secondary N) is 1. The summed E-state index contributed by atoms with van der Waals surface area (Å²) in [6.07, 6.45) is 1.20. The van der Waals surface area contributed by atoms with Crippen LogP contribution in [0.2, 0.25) is 0 Å². The molecule has 1 aliphatic rings. The molecule has 0 atom stereocenters. The summed E-state index contributed by atoms with van der Waals surface area (Å²) in [5.74, 6) is -1.92. The molecule has 0 bridgehead atoms. The summed E-state index contributed by atoms with van der Waals surface area (Å²) in [6, 6.07) is 1.26. The first-order valence-electron chi connectivity index (χ1n) is 5.84. The number of rotatable bonds is 2. The Bertz CT molecular complexity index is 611. The summed E-state index contributed by atoms with van der Waals surface area (Å²) in [5.41, 5.74) is 4.41. The average molecular weight is 278 g/mol. The van der Waals surface area contributed by atoms with Crippen LogP contribution in [0.5, 0.6) is 0 Å². The molecule has 0 spiro atoms. The van der Waals surface area contributed by atoms with Gasteiger partial charge < -0.3 is 15.7 Å². The van der Waals surface area contributed by atoms with E-state index in [1.807, 2.05) is 0 Å². The van der Waals surface area contributed by atoms with Crippen molar-refractivity contribution in [2.45, 2.75) is 19.4 Å². The maximum Gasteiger partial charge on any atom is 0.337 e. The number of carboxylic acids is 1. The molecule has 1 saturated heterocycles. The Balaban J connectivity index is 2.49. The summed E-state index contributed by atoms with van der Waals surface area (Å²) >= 11 is 0. The third-order valence-electron chi connectivity index (χ3n) is 3.21. The first kappa shape index (κ1) is 13.8. The van der Waals surface area contributed by atoms with Gasteiger partial charge in [-0.25, -0.2) is 9.78 Å². The fourth-order valence-corrected chi connectivity index (χ4v) is 1.94. The minimum Gasteiger partial charge on any atom is -0.478 e. The standard InChI is InChI=1S/C12H14N4O4/c1-12(2)11(20)15-9(17)5-16(12)8-3-6(10(18)19)7(13)4-14-8/h3-4H,5,13H2,1-2H3,(H,18,19)(H,15,17,20). The zero-order valence-corrected chi connectivity index (χ0v) is 11.0. The molecule has 8 nitrogen and oxygen atoms in total. The molecule has 0 aromatic carbocycles. The minimum absolute atomic E-state index is 0.0202. The number of carbonyl (C=O) groups excluding carboxylic acids is 2. The van der Waals surface area contributed by atoms with Crippen molar-refractivity contribution in [2.75, 3.05) is 17.2 Å². The SMILES string of the molecule is CC1(C)C(=O)NC(=O)CN1c1cc(C(=O)O)c(N)cn1. The summed E-state index contributed by atoms with van der Waals surface area (Å²) in [6.45, 7) is 3.15. The monoisotopic (exact) mass is 278 g/mol. The predicted octanol–water partition coefficient (Wildman–Crippen LogP) is -0.397. The van der Waals surface area contributed by atoms with E-state index < -0.39 is 23.3 Å². The van der Waals surface area contributed by atoms with Crippen molar-refractivity contribution in [3.63, 3.8) is 0 Å². The van der Waals surface area contributed by atoms with E-state index in [-0.39, 0.29) is 23.6 Å². The number of piperazine rings is 1. The maximum absolute atomic E-state index is 11.9. The molecule has 1 aromatic heterocycles. The zero-order valence-electron chi connectivity index (χ0n) is 11.0. The van der Waals surface area contributed by atoms with Crippen LogP contribution in [-0.2, 0) is 9.59 Å². The van der Waals surface area contributed by atoms with Gasteiger partial charge in [-0.05, 0) is 19.9 Å². The van der Waals surface area contributed by atoms with E-state index in [1.54, 1.807) is 13.8 Å². The van der Waals surface area contributed by atoms with Crippen molar-refractivity contribution in [3.8, 4) is 0 Å². The molecule has 2 heterocycles. The zero-order chi connectivity index (χ0) is 15.1. The third kappa shape index (κ3) is 2.15. The predicted molar refractivity (Wildman–Crippen MR) is 70.2 cm³/mol. The Labute approximate surface area is 114 Å². The molecular formula is C12H14N4O4. The Morgan fingerprint density at radius 1 is 1.50 bits per heavy atom. The van der Waals surface area contributed by atoms with Crippen LogP contribution in [-0.4, -0.2) is 40.0 Å². The highest BCUT2D eigenvalue weighted by Crippen LogP contribution is 2.26. The van der Waals surface area contributed by atoms with Gasteiger partial charge in [-0.3, -0.25) is 14.9 Å². The quantitative estimate of drug-likeness (QED) is 0.628. The number of pyridine rings is 1. The van der Waals surface area contributed by atoms with Crippen LogP contribution in [0, 0.1) is 0 Å². The highest BCUT2D eigenvalue weighted by atomic mass is 16.4. The molecule has 106 valence electrons. The lowest BCUT2D eigenvalue weighted by molar-refractivity contribution is -0.135. The van der Waals surface area contributed by atoms with Gasteiger partial charge in [0.2, 0.25) is 5.91 Å². The van der Waals surface area contributed by atoms with E-state index in [9.17, 15) is 14.4 Å². The van der Waals surface area contributed by atoms with E-state index in [0.29, 0.717) is 0 Å². The van der Waals surface area contributed by atoms with Crippen molar-refractivity contribution in [1.29, 1.82) is 0 Å². The lowest BCUT2D eigenvalue weighted by atomic mass is 9.98. The van der Waals surface area contributed by atoms with Gasteiger partial charge in [-0.15, -0.1) is 0 Å². The van der Waals surface area contributed by atoms with Crippen LogP contribution < -0.4 is 16.0 Å². The van der Waals surface area contributed by atoms with E-state index in [2.05, 4.69) is 10.3 Å². The molecule has 0 unspecified atom stereocenters. The number of amides is 2. The van der Waals surface area contributed by atoms with Crippen LogP contribution in [0.25, 0.3) is 0 Å². The van der Waals surface area contributed by atoms with Crippen LogP contribution in [0.15, 0.2) is 12.3 Å². The smallest absolute Gasteiger partial charge is 0.337 e. The largest absolute Gasteiger partial charge is 0.478 e. The molecule has 2 amide bonds. The van der Waals surface area contributed by atoms with E-state index in [0.717, 1.165) is 0 Å². The number of anilines is 2. The molecule has 0 saturated carbocycles. The van der Waals surface area contributed by atoms with Crippen LogP contribution >= 0.6 is 0 Å². The second-order valence-corrected chi connectivity index (χ2v) is 4.96. The summed E-state index contributed by atoms with van der Waals surface area (Å²) in [4.78, 5) is 39.9. The molecular weight excluding hydrogens is 264 g/mol. The van der Waals surface area contributed by atoms with Crippen molar-refractivity contribution >= 4 is 29.3 Å². The highest BCUT2D eigenvalue weighted by Gasteiger charge is 2.41. The molecule has 1 fully saturated rings. The van der Waals surface area contributed by atoms with Crippen molar-refractivity contribution in [1.82, 2.24) is 10.3 Å². The first-order chi connectivity index (χ1) is 9.23. The highest BCUT2D eigenvalue weighted by molar-refractivity contribution is 6.06. The van der Waals surface area contributed by atoms with Gasteiger partial charge in [-0.2, -0.15) is 0 Å². The van der Waals surface area contributed by atoms with E-state index >= 15 is 0 Å². The van der Waals surface area contributed by atoms with E-state index in [1.165, 1.54) is 17.2 Å². The number of carbonyl (C=O) groups is 3. The van der Waals surface area contributed by atoms with Gasteiger partial charge in [0.25, 0.3) is 5.91 Å². The number of carboxylic acid groups (broad SMARTS) is 1. The fourth-order valence-electron chi connectivity index (χ4n) is 1.94. The minimum atomic E-state index is -1.20. The summed E-state index contributed by atoms with van der Waals surface area (Å²) in [5, 5.41) is 11.3. The van der Waals surface area contributed by atoms with Gasteiger partial charge >= 0.3 is 5.97 Å². The van der Waals surface area contributed by atoms with Gasteiger partial charge in [0.1, 0.15) is 11.4 Å². The number of nitrogen functional groups attached to an aromatic ring is 1. The normalized spacial score (nSPS) is 17.8. The van der Waals surface area contributed by atoms with Gasteiger partial charge in [0.15, 0.2) is 0 Å². The summed E-state index contributed by atoms with van der Waals surface area (Å²) in [7, 11) is 0. The van der Waals surface area contributed by atoms with Crippen LogP contribution in [0.4, 0.5) is 11.5 Å². The number of imide groups is 1. The van der Waals surface area contributed by atoms with E-state index in [4.69, 9.17) is 10.8 Å². The third-order valence-corrected chi connectivity index (χ3v) is 3.21. The molecule has 1 aliphatic heterocycles. The molecule has 0 aliphatic carbocycles. The average Bonchev–Trinajstić information content (AvgIpc) is 2.34. The van der Waals surface area contributed by atoms with Crippen LogP contribution in [0.3, 0.4) is 0 Å². The summed E-state index contributed by atoms with van der Waals surface area (Å²) < 4.78 is 0. The number of nitrogens with two attached hydrogens (primary N) is 1. The lowest BCUT2D eigenvalue weighted by Gasteiger charge is -2.41. The molecule has 4 N–H and O–H groups in total. The number of nitrogens with zero attached hydrogens (tertiary/aromatic N) is 2. The fraction of sp³-hybridized carbons (Fsp3) is 0.333. The first-order valence-corrected chi connectivity index (χ1v) is 5.84. The maximum atomic E-state index is 11.9. The molecule has 8 heteroatoms. The molecule has 20 heavy (non-hydrogen) atoms.